The first-order valence-corrected chi connectivity index (χ1v) is 9.47. The van der Waals surface area contributed by atoms with E-state index >= 15 is 0 Å². The van der Waals surface area contributed by atoms with Crippen molar-refractivity contribution in [3.8, 4) is 0 Å². The van der Waals surface area contributed by atoms with Crippen LogP contribution in [0, 0.1) is 12.8 Å². The number of hydrogen-bond acceptors (Lipinski definition) is 1. The summed E-state index contributed by atoms with van der Waals surface area (Å²) in [5, 5.41) is 1.20. The van der Waals surface area contributed by atoms with E-state index in [0.717, 1.165) is 48.6 Å². The second-order valence-corrected chi connectivity index (χ2v) is 7.78. The number of aromatic nitrogens is 1. The quantitative estimate of drug-likeness (QED) is 0.709. The number of carbonyl (C=O) groups is 1. The molecule has 0 aliphatic carbocycles. The van der Waals surface area contributed by atoms with Gasteiger partial charge in [-0.25, -0.2) is 0 Å². The summed E-state index contributed by atoms with van der Waals surface area (Å²) in [6.07, 6.45) is 4.08. The van der Waals surface area contributed by atoms with Gasteiger partial charge in [0, 0.05) is 30.5 Å². The Hall–Kier alpha value is -2.03. The molecule has 0 atom stereocenters. The minimum Gasteiger partial charge on any atom is -0.337 e. The number of benzene rings is 1. The maximum absolute atomic E-state index is 13.3. The number of fused-ring (bicyclic) bond motifs is 1. The predicted octanol–water partition coefficient (Wildman–Crippen LogP) is 5.13. The molecule has 1 fully saturated rings. The van der Waals surface area contributed by atoms with Gasteiger partial charge >= 0.3 is 0 Å². The van der Waals surface area contributed by atoms with Gasteiger partial charge in [-0.15, -0.1) is 6.58 Å². The number of likely N-dealkylation sites (tertiary alicyclic amines) is 1. The van der Waals surface area contributed by atoms with Gasteiger partial charge in [-0.2, -0.15) is 0 Å². The number of piperidine rings is 1. The van der Waals surface area contributed by atoms with Crippen LogP contribution in [-0.2, 0) is 6.54 Å². The third kappa shape index (κ3) is 3.24. The van der Waals surface area contributed by atoms with Crippen molar-refractivity contribution in [1.82, 2.24) is 9.47 Å². The minimum absolute atomic E-state index is 0.175. The van der Waals surface area contributed by atoms with E-state index in [1.54, 1.807) is 0 Å². The Balaban J connectivity index is 2.09. The minimum atomic E-state index is 0.175. The molecular weight excluding hydrogens is 308 g/mol. The molecule has 2 aromatic rings. The summed E-state index contributed by atoms with van der Waals surface area (Å²) < 4.78 is 2.14. The zero-order valence-corrected chi connectivity index (χ0v) is 16.0. The Kier molecular flexibility index (Phi) is 5.03. The average molecular weight is 338 g/mol. The van der Waals surface area contributed by atoms with Crippen molar-refractivity contribution in [2.24, 2.45) is 5.92 Å². The zero-order chi connectivity index (χ0) is 18.1. The lowest BCUT2D eigenvalue weighted by atomic mass is 9.98. The summed E-state index contributed by atoms with van der Waals surface area (Å²) in [7, 11) is 0. The molecule has 1 aromatic carbocycles. The Morgan fingerprint density at radius 2 is 2.00 bits per heavy atom. The smallest absolute Gasteiger partial charge is 0.270 e. The molecule has 1 aromatic heterocycles. The predicted molar refractivity (Wildman–Crippen MR) is 105 cm³/mol. The van der Waals surface area contributed by atoms with Gasteiger partial charge in [0.1, 0.15) is 5.69 Å². The Morgan fingerprint density at radius 1 is 1.32 bits per heavy atom. The standard InChI is InChI=1S/C22H30N2O/c1-6-11-24-20-8-7-18(15(2)3)14-19(20)17(5)21(24)22(25)23-12-9-16(4)10-13-23/h6-8,14-16H,1,9-13H2,2-5H3. The second kappa shape index (κ2) is 7.07. The third-order valence-electron chi connectivity index (χ3n) is 5.59. The molecule has 0 N–H and O–H groups in total. The van der Waals surface area contributed by atoms with Gasteiger partial charge < -0.3 is 9.47 Å². The SMILES string of the molecule is C=CCn1c(C(=O)N2CCC(C)CC2)c(C)c2cc(C(C)C)ccc21. The normalized spacial score (nSPS) is 16.0. The number of rotatable bonds is 4. The summed E-state index contributed by atoms with van der Waals surface area (Å²) in [4.78, 5) is 15.3. The van der Waals surface area contributed by atoms with Crippen LogP contribution in [0.4, 0.5) is 0 Å². The second-order valence-electron chi connectivity index (χ2n) is 7.78. The molecule has 134 valence electrons. The first kappa shape index (κ1) is 17.8. The van der Waals surface area contributed by atoms with Crippen LogP contribution in [0.1, 0.15) is 61.1 Å². The third-order valence-corrected chi connectivity index (χ3v) is 5.59. The van der Waals surface area contributed by atoms with E-state index in [2.05, 4.69) is 57.0 Å². The van der Waals surface area contributed by atoms with Crippen molar-refractivity contribution in [3.05, 3.63) is 47.7 Å². The molecule has 0 bridgehead atoms. The average Bonchev–Trinajstić information content (AvgIpc) is 2.87. The zero-order valence-electron chi connectivity index (χ0n) is 16.0. The molecule has 0 saturated carbocycles. The molecule has 3 nitrogen and oxygen atoms in total. The number of amides is 1. The van der Waals surface area contributed by atoms with Crippen LogP contribution in [0.25, 0.3) is 10.9 Å². The summed E-state index contributed by atoms with van der Waals surface area (Å²) >= 11 is 0. The largest absolute Gasteiger partial charge is 0.337 e. The molecule has 1 amide bonds. The van der Waals surface area contributed by atoms with Gasteiger partial charge in [0.15, 0.2) is 0 Å². The molecule has 3 heteroatoms. The van der Waals surface area contributed by atoms with E-state index < -0.39 is 0 Å². The summed E-state index contributed by atoms with van der Waals surface area (Å²) in [5.74, 6) is 1.38. The van der Waals surface area contributed by atoms with Gasteiger partial charge in [0.25, 0.3) is 5.91 Å². The number of carbonyl (C=O) groups excluding carboxylic acids is 1. The van der Waals surface area contributed by atoms with Gasteiger partial charge in [-0.1, -0.05) is 32.9 Å². The van der Waals surface area contributed by atoms with Crippen molar-refractivity contribution >= 4 is 16.8 Å². The molecule has 1 saturated heterocycles. The van der Waals surface area contributed by atoms with Crippen molar-refractivity contribution in [3.63, 3.8) is 0 Å². The van der Waals surface area contributed by atoms with E-state index in [4.69, 9.17) is 0 Å². The number of nitrogens with zero attached hydrogens (tertiary/aromatic N) is 2. The molecule has 2 heterocycles. The van der Waals surface area contributed by atoms with Crippen molar-refractivity contribution < 1.29 is 4.79 Å². The van der Waals surface area contributed by atoms with Gasteiger partial charge in [-0.05, 0) is 54.9 Å². The van der Waals surface area contributed by atoms with Crippen molar-refractivity contribution in [2.45, 2.75) is 53.0 Å². The van der Waals surface area contributed by atoms with Gasteiger partial charge in [0.05, 0.1) is 0 Å². The molecular formula is C22H30N2O. The lowest BCUT2D eigenvalue weighted by Crippen LogP contribution is -2.39. The Labute approximate surface area is 151 Å². The number of allylic oxidation sites excluding steroid dienone is 1. The Bertz CT molecular complexity index is 792. The highest BCUT2D eigenvalue weighted by Gasteiger charge is 2.27. The fourth-order valence-corrected chi connectivity index (χ4v) is 3.85. The maximum Gasteiger partial charge on any atom is 0.270 e. The highest BCUT2D eigenvalue weighted by atomic mass is 16.2. The molecule has 3 rings (SSSR count). The fourth-order valence-electron chi connectivity index (χ4n) is 3.85. The van der Waals surface area contributed by atoms with E-state index in [9.17, 15) is 4.79 Å². The number of aryl methyl sites for hydroxylation is 1. The van der Waals surface area contributed by atoms with Crippen LogP contribution in [0.5, 0.6) is 0 Å². The summed E-state index contributed by atoms with van der Waals surface area (Å²) in [6, 6.07) is 6.60. The van der Waals surface area contributed by atoms with E-state index in [0.29, 0.717) is 12.5 Å². The van der Waals surface area contributed by atoms with Crippen molar-refractivity contribution in [1.29, 1.82) is 0 Å². The first-order valence-electron chi connectivity index (χ1n) is 9.47. The van der Waals surface area contributed by atoms with E-state index in [-0.39, 0.29) is 5.91 Å². The van der Waals surface area contributed by atoms with E-state index in [1.807, 2.05) is 11.0 Å². The molecule has 0 spiro atoms. The maximum atomic E-state index is 13.3. The lowest BCUT2D eigenvalue weighted by molar-refractivity contribution is 0.0686. The Morgan fingerprint density at radius 3 is 2.60 bits per heavy atom. The molecule has 0 unspecified atom stereocenters. The van der Waals surface area contributed by atoms with Gasteiger partial charge in [-0.3, -0.25) is 4.79 Å². The lowest BCUT2D eigenvalue weighted by Gasteiger charge is -2.30. The van der Waals surface area contributed by atoms with Crippen LogP contribution in [0.2, 0.25) is 0 Å². The number of hydrogen-bond donors (Lipinski definition) is 0. The summed E-state index contributed by atoms with van der Waals surface area (Å²) in [5.41, 5.74) is 4.39. The molecule has 25 heavy (non-hydrogen) atoms. The van der Waals surface area contributed by atoms with Crippen molar-refractivity contribution in [2.75, 3.05) is 13.1 Å². The fraction of sp³-hybridized carbons (Fsp3) is 0.500. The van der Waals surface area contributed by atoms with Gasteiger partial charge in [0.2, 0.25) is 0 Å². The first-order chi connectivity index (χ1) is 11.9. The van der Waals surface area contributed by atoms with Crippen LogP contribution in [-0.4, -0.2) is 28.5 Å². The van der Waals surface area contributed by atoms with Crippen LogP contribution >= 0.6 is 0 Å². The molecule has 0 radical (unpaired) electrons. The highest BCUT2D eigenvalue weighted by molar-refractivity contribution is 6.02. The highest BCUT2D eigenvalue weighted by Crippen LogP contribution is 2.30. The van der Waals surface area contributed by atoms with Crippen LogP contribution in [0.15, 0.2) is 30.9 Å². The van der Waals surface area contributed by atoms with Crippen LogP contribution < -0.4 is 0 Å². The topological polar surface area (TPSA) is 25.2 Å². The summed E-state index contributed by atoms with van der Waals surface area (Å²) in [6.45, 7) is 15.1. The van der Waals surface area contributed by atoms with Crippen LogP contribution in [0.3, 0.4) is 0 Å². The molecule has 1 aliphatic heterocycles. The van der Waals surface area contributed by atoms with E-state index in [1.165, 1.54) is 10.9 Å². The molecule has 1 aliphatic rings. The monoisotopic (exact) mass is 338 g/mol.